The molecule has 0 unspecified atom stereocenters. The third-order valence-corrected chi connectivity index (χ3v) is 2.38. The van der Waals surface area contributed by atoms with Gasteiger partial charge in [-0.3, -0.25) is 4.79 Å². The predicted octanol–water partition coefficient (Wildman–Crippen LogP) is 0.213. The zero-order chi connectivity index (χ0) is 10.6. The summed E-state index contributed by atoms with van der Waals surface area (Å²) in [6.07, 6.45) is -0.601. The molecule has 90 valence electrons. The molecule has 1 saturated heterocycles. The van der Waals surface area contributed by atoms with Gasteiger partial charge in [-0.2, -0.15) is 0 Å². The molecule has 1 rings (SSSR count). The van der Waals surface area contributed by atoms with Crippen LogP contribution in [0.5, 0.6) is 0 Å². The SMILES string of the molecule is COCCN(C)C(=O)[C@H]1C[C@H](F)CN1.Cl. The Kier molecular flexibility index (Phi) is 6.80. The highest BCUT2D eigenvalue weighted by molar-refractivity contribution is 5.85. The van der Waals surface area contributed by atoms with Crippen molar-refractivity contribution in [1.29, 1.82) is 0 Å². The van der Waals surface area contributed by atoms with Crippen LogP contribution in [-0.2, 0) is 9.53 Å². The van der Waals surface area contributed by atoms with Crippen LogP contribution in [-0.4, -0.2) is 56.9 Å². The largest absolute Gasteiger partial charge is 0.383 e. The molecule has 1 fully saturated rings. The van der Waals surface area contributed by atoms with Gasteiger partial charge in [0.1, 0.15) is 6.17 Å². The van der Waals surface area contributed by atoms with Crippen molar-refractivity contribution >= 4 is 18.3 Å². The molecule has 2 atom stereocenters. The van der Waals surface area contributed by atoms with Gasteiger partial charge in [-0.15, -0.1) is 12.4 Å². The molecule has 0 bridgehead atoms. The summed E-state index contributed by atoms with van der Waals surface area (Å²) in [6.45, 7) is 1.34. The normalized spacial score (nSPS) is 24.7. The van der Waals surface area contributed by atoms with Crippen molar-refractivity contribution in [3.05, 3.63) is 0 Å². The van der Waals surface area contributed by atoms with Gasteiger partial charge in [0.15, 0.2) is 0 Å². The molecular weight excluding hydrogens is 223 g/mol. The molecule has 0 saturated carbocycles. The van der Waals surface area contributed by atoms with E-state index in [1.54, 1.807) is 19.1 Å². The average Bonchev–Trinajstić information content (AvgIpc) is 2.60. The van der Waals surface area contributed by atoms with Crippen LogP contribution in [0.1, 0.15) is 6.42 Å². The van der Waals surface area contributed by atoms with Crippen LogP contribution >= 0.6 is 12.4 Å². The van der Waals surface area contributed by atoms with Crippen molar-refractivity contribution in [3.8, 4) is 0 Å². The summed E-state index contributed by atoms with van der Waals surface area (Å²) in [7, 11) is 3.29. The number of likely N-dealkylation sites (N-methyl/N-ethyl adjacent to an activating group) is 1. The van der Waals surface area contributed by atoms with Crippen molar-refractivity contribution in [2.45, 2.75) is 18.6 Å². The van der Waals surface area contributed by atoms with Crippen LogP contribution in [0.4, 0.5) is 4.39 Å². The molecular formula is C9H18ClFN2O2. The minimum atomic E-state index is -0.889. The number of rotatable bonds is 4. The van der Waals surface area contributed by atoms with E-state index in [0.717, 1.165) is 0 Å². The first-order chi connectivity index (χ1) is 6.65. The highest BCUT2D eigenvalue weighted by atomic mass is 35.5. The van der Waals surface area contributed by atoms with Gasteiger partial charge in [-0.25, -0.2) is 4.39 Å². The van der Waals surface area contributed by atoms with Crippen molar-refractivity contribution in [2.24, 2.45) is 0 Å². The second-order valence-electron chi connectivity index (χ2n) is 3.55. The second-order valence-corrected chi connectivity index (χ2v) is 3.55. The summed E-state index contributed by atoms with van der Waals surface area (Å²) in [5.74, 6) is -0.0535. The molecule has 0 aromatic heterocycles. The topological polar surface area (TPSA) is 41.6 Å². The number of alkyl halides is 1. The molecule has 6 heteroatoms. The van der Waals surface area contributed by atoms with Gasteiger partial charge in [0.25, 0.3) is 0 Å². The molecule has 1 heterocycles. The maximum absolute atomic E-state index is 12.8. The Labute approximate surface area is 95.6 Å². The maximum atomic E-state index is 12.8. The summed E-state index contributed by atoms with van der Waals surface area (Å²) in [5, 5.41) is 2.86. The number of carbonyl (C=O) groups excluding carboxylic acids is 1. The number of ether oxygens (including phenoxy) is 1. The molecule has 1 amide bonds. The van der Waals surface area contributed by atoms with Crippen LogP contribution in [0.2, 0.25) is 0 Å². The first-order valence-electron chi connectivity index (χ1n) is 4.76. The molecule has 0 aromatic carbocycles. The smallest absolute Gasteiger partial charge is 0.239 e. The number of halogens is 2. The van der Waals surface area contributed by atoms with Crippen LogP contribution in [0.15, 0.2) is 0 Å². The standard InChI is InChI=1S/C9H17FN2O2.ClH/c1-12(3-4-14-2)9(13)8-5-7(10)6-11-8;/h7-8,11H,3-6H2,1-2H3;1H/t7-,8+;/m0./s1. The summed E-state index contributed by atoms with van der Waals surface area (Å²) in [6, 6.07) is -0.355. The quantitative estimate of drug-likeness (QED) is 0.764. The summed E-state index contributed by atoms with van der Waals surface area (Å²) in [4.78, 5) is 13.2. The van der Waals surface area contributed by atoms with Crippen LogP contribution in [0, 0.1) is 0 Å². The molecule has 0 aliphatic carbocycles. The number of nitrogens with zero attached hydrogens (tertiary/aromatic N) is 1. The Morgan fingerprint density at radius 2 is 2.33 bits per heavy atom. The Morgan fingerprint density at radius 1 is 1.67 bits per heavy atom. The van der Waals surface area contributed by atoms with Gasteiger partial charge < -0.3 is 15.0 Å². The van der Waals surface area contributed by atoms with Gasteiger partial charge in [0.2, 0.25) is 5.91 Å². The lowest BCUT2D eigenvalue weighted by atomic mass is 10.2. The summed E-state index contributed by atoms with van der Waals surface area (Å²) >= 11 is 0. The van der Waals surface area contributed by atoms with Crippen molar-refractivity contribution in [1.82, 2.24) is 10.2 Å². The Balaban J connectivity index is 0.00000196. The van der Waals surface area contributed by atoms with E-state index in [1.807, 2.05) is 0 Å². The van der Waals surface area contributed by atoms with Crippen molar-refractivity contribution in [2.75, 3.05) is 33.9 Å². The number of nitrogens with one attached hydrogen (secondary N) is 1. The van der Waals surface area contributed by atoms with Crippen LogP contribution in [0.25, 0.3) is 0 Å². The van der Waals surface area contributed by atoms with E-state index in [1.165, 1.54) is 0 Å². The average molecular weight is 241 g/mol. The molecule has 1 aliphatic heterocycles. The van der Waals surface area contributed by atoms with Gasteiger partial charge in [-0.05, 0) is 0 Å². The van der Waals surface area contributed by atoms with E-state index < -0.39 is 6.17 Å². The number of amides is 1. The number of carbonyl (C=O) groups is 1. The fourth-order valence-electron chi connectivity index (χ4n) is 1.49. The zero-order valence-corrected chi connectivity index (χ0v) is 9.85. The molecule has 0 radical (unpaired) electrons. The molecule has 1 aliphatic rings. The van der Waals surface area contributed by atoms with E-state index in [2.05, 4.69) is 5.32 Å². The van der Waals surface area contributed by atoms with E-state index in [-0.39, 0.29) is 37.3 Å². The third-order valence-electron chi connectivity index (χ3n) is 2.38. The molecule has 1 N–H and O–H groups in total. The van der Waals surface area contributed by atoms with Crippen molar-refractivity contribution < 1.29 is 13.9 Å². The first-order valence-corrected chi connectivity index (χ1v) is 4.76. The number of hydrogen-bond acceptors (Lipinski definition) is 3. The fraction of sp³-hybridized carbons (Fsp3) is 0.889. The lowest BCUT2D eigenvalue weighted by molar-refractivity contribution is -0.132. The van der Waals surface area contributed by atoms with E-state index >= 15 is 0 Å². The molecule has 4 nitrogen and oxygen atoms in total. The minimum Gasteiger partial charge on any atom is -0.383 e. The van der Waals surface area contributed by atoms with Gasteiger partial charge in [0, 0.05) is 33.7 Å². The number of methoxy groups -OCH3 is 1. The summed E-state index contributed by atoms with van der Waals surface area (Å²) in [5.41, 5.74) is 0. The Morgan fingerprint density at radius 3 is 2.80 bits per heavy atom. The highest BCUT2D eigenvalue weighted by Crippen LogP contribution is 2.11. The van der Waals surface area contributed by atoms with Crippen molar-refractivity contribution in [3.63, 3.8) is 0 Å². The number of hydrogen-bond donors (Lipinski definition) is 1. The lowest BCUT2D eigenvalue weighted by Gasteiger charge is -2.20. The molecule has 0 spiro atoms. The van der Waals surface area contributed by atoms with Gasteiger partial charge in [-0.1, -0.05) is 0 Å². The Bertz CT molecular complexity index is 207. The molecule has 15 heavy (non-hydrogen) atoms. The monoisotopic (exact) mass is 240 g/mol. The van der Waals surface area contributed by atoms with Gasteiger partial charge in [0.05, 0.1) is 12.6 Å². The molecule has 0 aromatic rings. The first kappa shape index (κ1) is 14.6. The summed E-state index contributed by atoms with van der Waals surface area (Å²) < 4.78 is 17.6. The van der Waals surface area contributed by atoms with E-state index in [4.69, 9.17) is 4.74 Å². The predicted molar refractivity (Wildman–Crippen MR) is 58.1 cm³/mol. The fourth-order valence-corrected chi connectivity index (χ4v) is 1.49. The Hall–Kier alpha value is -0.390. The van der Waals surface area contributed by atoms with E-state index in [0.29, 0.717) is 13.2 Å². The highest BCUT2D eigenvalue weighted by Gasteiger charge is 2.30. The third kappa shape index (κ3) is 4.32. The van der Waals surface area contributed by atoms with E-state index in [9.17, 15) is 9.18 Å². The van der Waals surface area contributed by atoms with Crippen LogP contribution < -0.4 is 5.32 Å². The van der Waals surface area contributed by atoms with Gasteiger partial charge >= 0.3 is 0 Å². The minimum absolute atomic E-state index is 0. The van der Waals surface area contributed by atoms with Crippen LogP contribution in [0.3, 0.4) is 0 Å². The second kappa shape index (κ2) is 6.98. The maximum Gasteiger partial charge on any atom is 0.239 e. The zero-order valence-electron chi connectivity index (χ0n) is 9.03. The lowest BCUT2D eigenvalue weighted by Crippen LogP contribution is -2.42.